The van der Waals surface area contributed by atoms with E-state index in [2.05, 4.69) is 20.5 Å². The fourth-order valence-corrected chi connectivity index (χ4v) is 3.50. The van der Waals surface area contributed by atoms with Gasteiger partial charge in [-0.1, -0.05) is 0 Å². The summed E-state index contributed by atoms with van der Waals surface area (Å²) >= 11 is 0. The van der Waals surface area contributed by atoms with Gasteiger partial charge in [0, 0.05) is 58.5 Å². The molecule has 0 aromatic rings. The second-order valence-corrected chi connectivity index (χ2v) is 7.67. The topological polar surface area (TPSA) is 69.2 Å². The van der Waals surface area contributed by atoms with Crippen LogP contribution in [-0.2, 0) is 9.53 Å². The van der Waals surface area contributed by atoms with E-state index in [0.29, 0.717) is 12.1 Å². The molecule has 0 spiro atoms. The number of rotatable bonds is 5. The molecule has 1 amide bonds. The highest BCUT2D eigenvalue weighted by molar-refractivity contribution is 14.0. The Kier molecular flexibility index (Phi) is 8.89. The molecule has 0 bridgehead atoms. The van der Waals surface area contributed by atoms with E-state index in [1.54, 1.807) is 19.0 Å². The number of guanidine groups is 1. The van der Waals surface area contributed by atoms with Gasteiger partial charge in [-0.25, -0.2) is 4.99 Å². The summed E-state index contributed by atoms with van der Waals surface area (Å²) in [5.74, 6) is 0.809. The molecule has 150 valence electrons. The van der Waals surface area contributed by atoms with Gasteiger partial charge in [-0.15, -0.1) is 24.0 Å². The van der Waals surface area contributed by atoms with Gasteiger partial charge in [0.05, 0.1) is 0 Å². The average Bonchev–Trinajstić information content (AvgIpc) is 3.46. The number of hydrogen-bond acceptors (Lipinski definition) is 4. The third-order valence-electron chi connectivity index (χ3n) is 5.37. The highest BCUT2D eigenvalue weighted by Crippen LogP contribution is 2.29. The summed E-state index contributed by atoms with van der Waals surface area (Å²) < 4.78 is 5.43. The van der Waals surface area contributed by atoms with Gasteiger partial charge in [0.2, 0.25) is 5.91 Å². The highest BCUT2D eigenvalue weighted by Gasteiger charge is 2.32. The molecule has 8 heteroatoms. The van der Waals surface area contributed by atoms with Crippen LogP contribution < -0.4 is 10.6 Å². The first-order valence-corrected chi connectivity index (χ1v) is 9.71. The van der Waals surface area contributed by atoms with Crippen LogP contribution in [0.2, 0.25) is 0 Å². The second-order valence-electron chi connectivity index (χ2n) is 7.67. The fourth-order valence-electron chi connectivity index (χ4n) is 3.50. The molecule has 26 heavy (non-hydrogen) atoms. The Morgan fingerprint density at radius 1 is 1.04 bits per heavy atom. The van der Waals surface area contributed by atoms with Crippen molar-refractivity contribution in [2.24, 2.45) is 4.99 Å². The summed E-state index contributed by atoms with van der Waals surface area (Å²) in [7, 11) is 3.54. The maximum absolute atomic E-state index is 11.9. The molecule has 3 fully saturated rings. The van der Waals surface area contributed by atoms with Crippen molar-refractivity contribution >= 4 is 35.8 Å². The first-order valence-electron chi connectivity index (χ1n) is 9.71. The standard InChI is InChI=1S/C18H33N5O2.HI/c1-22(2)17(24)13-19-18(21-15-7-11-25-12-8-15)20-14-5-9-23(10-6-14)16-3-4-16;/h14-16H,3-13H2,1-2H3,(H2,19,20,21);1H. The van der Waals surface area contributed by atoms with Crippen molar-refractivity contribution in [3.63, 3.8) is 0 Å². The van der Waals surface area contributed by atoms with E-state index in [0.717, 1.165) is 50.9 Å². The number of carbonyl (C=O) groups excluding carboxylic acids is 1. The third-order valence-corrected chi connectivity index (χ3v) is 5.37. The first-order chi connectivity index (χ1) is 12.1. The Morgan fingerprint density at radius 2 is 1.62 bits per heavy atom. The maximum Gasteiger partial charge on any atom is 0.243 e. The molecule has 7 nitrogen and oxygen atoms in total. The lowest BCUT2D eigenvalue weighted by atomic mass is 10.0. The minimum Gasteiger partial charge on any atom is -0.381 e. The van der Waals surface area contributed by atoms with Crippen LogP contribution in [0.4, 0.5) is 0 Å². The Morgan fingerprint density at radius 3 is 2.15 bits per heavy atom. The van der Waals surface area contributed by atoms with Crippen molar-refractivity contribution in [3.05, 3.63) is 0 Å². The van der Waals surface area contributed by atoms with E-state index in [1.807, 2.05) is 0 Å². The molecule has 1 aliphatic carbocycles. The molecule has 3 aliphatic rings. The SMILES string of the molecule is CN(C)C(=O)CN=C(NC1CCOCC1)NC1CCN(C2CC2)CC1.I. The number of piperidine rings is 1. The van der Waals surface area contributed by atoms with Crippen molar-refractivity contribution in [1.29, 1.82) is 0 Å². The number of ether oxygens (including phenoxy) is 1. The number of nitrogens with zero attached hydrogens (tertiary/aromatic N) is 3. The monoisotopic (exact) mass is 479 g/mol. The van der Waals surface area contributed by atoms with Gasteiger partial charge in [-0.3, -0.25) is 4.79 Å². The smallest absolute Gasteiger partial charge is 0.243 e. The average molecular weight is 479 g/mol. The van der Waals surface area contributed by atoms with E-state index < -0.39 is 0 Å². The van der Waals surface area contributed by atoms with Crippen LogP contribution in [-0.4, -0.2) is 86.7 Å². The zero-order valence-electron chi connectivity index (χ0n) is 16.1. The molecule has 0 aromatic heterocycles. The molecule has 2 N–H and O–H groups in total. The molecule has 0 atom stereocenters. The molecular formula is C18H34IN5O2. The lowest BCUT2D eigenvalue weighted by Crippen LogP contribution is -2.52. The van der Waals surface area contributed by atoms with Crippen molar-refractivity contribution in [1.82, 2.24) is 20.4 Å². The number of likely N-dealkylation sites (tertiary alicyclic amines) is 1. The van der Waals surface area contributed by atoms with Crippen LogP contribution in [0.1, 0.15) is 38.5 Å². The van der Waals surface area contributed by atoms with E-state index in [-0.39, 0.29) is 36.4 Å². The molecule has 0 unspecified atom stereocenters. The number of nitrogens with one attached hydrogen (secondary N) is 2. The number of halogens is 1. The third kappa shape index (κ3) is 6.84. The van der Waals surface area contributed by atoms with Crippen LogP contribution in [0, 0.1) is 0 Å². The zero-order valence-corrected chi connectivity index (χ0v) is 18.4. The molecule has 2 heterocycles. The van der Waals surface area contributed by atoms with Crippen LogP contribution in [0.15, 0.2) is 4.99 Å². The van der Waals surface area contributed by atoms with Gasteiger partial charge >= 0.3 is 0 Å². The lowest BCUT2D eigenvalue weighted by Gasteiger charge is -2.34. The summed E-state index contributed by atoms with van der Waals surface area (Å²) in [6.45, 7) is 4.11. The minimum atomic E-state index is 0. The zero-order chi connectivity index (χ0) is 17.6. The molecular weight excluding hydrogens is 445 g/mol. The summed E-state index contributed by atoms with van der Waals surface area (Å²) in [6.07, 6.45) is 7.02. The highest BCUT2D eigenvalue weighted by atomic mass is 127. The molecule has 2 saturated heterocycles. The van der Waals surface area contributed by atoms with Crippen LogP contribution >= 0.6 is 24.0 Å². The molecule has 0 radical (unpaired) electrons. The van der Waals surface area contributed by atoms with Gasteiger partial charge in [0.15, 0.2) is 5.96 Å². The molecule has 0 aromatic carbocycles. The summed E-state index contributed by atoms with van der Waals surface area (Å²) in [4.78, 5) is 20.7. The number of amides is 1. The van der Waals surface area contributed by atoms with Crippen LogP contribution in [0.5, 0.6) is 0 Å². The molecule has 3 rings (SSSR count). The molecule has 2 aliphatic heterocycles. The molecule has 1 saturated carbocycles. The van der Waals surface area contributed by atoms with E-state index in [9.17, 15) is 4.79 Å². The summed E-state index contributed by atoms with van der Waals surface area (Å²) in [6, 6.07) is 1.67. The number of hydrogen-bond donors (Lipinski definition) is 2. The Balaban J connectivity index is 0.00000243. The largest absolute Gasteiger partial charge is 0.381 e. The predicted molar refractivity (Wildman–Crippen MR) is 114 cm³/mol. The Hall–Kier alpha value is -0.610. The summed E-state index contributed by atoms with van der Waals surface area (Å²) in [5, 5.41) is 7.10. The quantitative estimate of drug-likeness (QED) is 0.351. The number of carbonyl (C=O) groups is 1. The van der Waals surface area contributed by atoms with Crippen LogP contribution in [0.25, 0.3) is 0 Å². The summed E-state index contributed by atoms with van der Waals surface area (Å²) in [5.41, 5.74) is 0. The first kappa shape index (κ1) is 21.7. The van der Waals surface area contributed by atoms with Crippen molar-refractivity contribution in [3.8, 4) is 0 Å². The van der Waals surface area contributed by atoms with Gasteiger partial charge in [0.25, 0.3) is 0 Å². The van der Waals surface area contributed by atoms with E-state index in [1.165, 1.54) is 25.9 Å². The van der Waals surface area contributed by atoms with Gasteiger partial charge < -0.3 is 25.2 Å². The van der Waals surface area contributed by atoms with Crippen LogP contribution in [0.3, 0.4) is 0 Å². The Labute approximate surface area is 174 Å². The van der Waals surface area contributed by atoms with Crippen molar-refractivity contribution in [2.75, 3.05) is 46.9 Å². The normalized spacial score (nSPS) is 23.2. The predicted octanol–water partition coefficient (Wildman–Crippen LogP) is 1.03. The van der Waals surface area contributed by atoms with Gasteiger partial charge in [-0.2, -0.15) is 0 Å². The van der Waals surface area contributed by atoms with E-state index in [4.69, 9.17) is 4.74 Å². The Bertz CT molecular complexity index is 470. The second kappa shape index (κ2) is 10.7. The van der Waals surface area contributed by atoms with Crippen molar-refractivity contribution in [2.45, 2.75) is 56.7 Å². The number of aliphatic imine (C=N–C) groups is 1. The van der Waals surface area contributed by atoms with E-state index >= 15 is 0 Å². The van der Waals surface area contributed by atoms with Gasteiger partial charge in [0.1, 0.15) is 6.54 Å². The minimum absolute atomic E-state index is 0. The van der Waals surface area contributed by atoms with Crippen molar-refractivity contribution < 1.29 is 9.53 Å². The van der Waals surface area contributed by atoms with Gasteiger partial charge in [-0.05, 0) is 38.5 Å². The number of likely N-dealkylation sites (N-methyl/N-ethyl adjacent to an activating group) is 1. The fraction of sp³-hybridized carbons (Fsp3) is 0.889. The lowest BCUT2D eigenvalue weighted by molar-refractivity contribution is -0.127. The maximum atomic E-state index is 11.9.